The minimum Gasteiger partial charge on any atom is -0.396 e. The van der Waals surface area contributed by atoms with E-state index in [4.69, 9.17) is 0 Å². The molecule has 0 aromatic heterocycles. The van der Waals surface area contributed by atoms with Crippen LogP contribution < -0.4 is 11.2 Å². The van der Waals surface area contributed by atoms with Crippen LogP contribution in [0.25, 0.3) is 22.6 Å². The predicted octanol–water partition coefficient (Wildman–Crippen LogP) is 2.48. The summed E-state index contributed by atoms with van der Waals surface area (Å²) in [6.07, 6.45) is 1.63. The third-order valence-corrected chi connectivity index (χ3v) is 6.00. The number of rotatable bonds is 9. The summed E-state index contributed by atoms with van der Waals surface area (Å²) >= 11 is 0. The number of aliphatic hydroxyl groups is 1. The van der Waals surface area contributed by atoms with Crippen molar-refractivity contribution < 1.29 is 5.11 Å². The van der Waals surface area contributed by atoms with Gasteiger partial charge in [-0.05, 0) is 62.1 Å². The largest absolute Gasteiger partial charge is 0.396 e. The van der Waals surface area contributed by atoms with Crippen LogP contribution >= 0.6 is 0 Å². The first-order valence-electron chi connectivity index (χ1n) is 11.2. The Balaban J connectivity index is 1.73. The molecule has 2 aromatic carbocycles. The number of aromatic amines is 1. The molecule has 0 amide bonds. The molecule has 8 nitrogen and oxygen atoms in total. The van der Waals surface area contributed by atoms with E-state index in [-0.39, 0.29) is 12.3 Å². The van der Waals surface area contributed by atoms with Gasteiger partial charge in [-0.25, -0.2) is 9.78 Å². The second-order valence-electron chi connectivity index (χ2n) is 8.42. The molecular formula is C25H29N5O3. The molecule has 0 spiro atoms. The summed E-state index contributed by atoms with van der Waals surface area (Å²) in [6, 6.07) is 14.2. The first-order valence-corrected chi connectivity index (χ1v) is 11.2. The topological polar surface area (TPSA) is 104 Å². The highest BCUT2D eigenvalue weighted by Crippen LogP contribution is 2.24. The van der Waals surface area contributed by atoms with Gasteiger partial charge in [-0.2, -0.15) is 4.98 Å². The maximum Gasteiger partial charge on any atom is 0.349 e. The van der Waals surface area contributed by atoms with E-state index < -0.39 is 11.2 Å². The molecule has 0 radical (unpaired) electrons. The summed E-state index contributed by atoms with van der Waals surface area (Å²) in [5, 5.41) is 9.21. The van der Waals surface area contributed by atoms with Crippen molar-refractivity contribution in [2.45, 2.75) is 39.8 Å². The molecule has 0 atom stereocenters. The molecule has 0 bridgehead atoms. The zero-order valence-electron chi connectivity index (χ0n) is 19.0. The first kappa shape index (κ1) is 22.8. The molecule has 0 fully saturated rings. The fraction of sp³-hybridized carbons (Fsp3) is 0.360. The average molecular weight is 448 g/mol. The Labute approximate surface area is 191 Å². The molecular weight excluding hydrogens is 418 g/mol. The van der Waals surface area contributed by atoms with Crippen molar-refractivity contribution in [2.24, 2.45) is 0 Å². The Hall–Kier alpha value is -3.36. The predicted molar refractivity (Wildman–Crippen MR) is 129 cm³/mol. The van der Waals surface area contributed by atoms with Gasteiger partial charge in [0.05, 0.1) is 11.0 Å². The fourth-order valence-electron chi connectivity index (χ4n) is 4.08. The highest BCUT2D eigenvalue weighted by atomic mass is 16.3. The van der Waals surface area contributed by atoms with E-state index in [1.807, 2.05) is 48.7 Å². The molecule has 33 heavy (non-hydrogen) atoms. The molecule has 0 saturated heterocycles. The summed E-state index contributed by atoms with van der Waals surface area (Å²) in [5.41, 5.74) is 3.91. The van der Waals surface area contributed by atoms with E-state index in [0.29, 0.717) is 24.4 Å². The number of nitrogens with one attached hydrogen (secondary N) is 1. The van der Waals surface area contributed by atoms with Crippen molar-refractivity contribution in [2.75, 3.05) is 19.7 Å². The van der Waals surface area contributed by atoms with Crippen molar-refractivity contribution in [3.8, 4) is 11.5 Å². The summed E-state index contributed by atoms with van der Waals surface area (Å²) in [5.74, 6) is 0.300. The average Bonchev–Trinajstić information content (AvgIpc) is 2.79. The van der Waals surface area contributed by atoms with Gasteiger partial charge in [-0.3, -0.25) is 14.7 Å². The summed E-state index contributed by atoms with van der Waals surface area (Å²) in [6.45, 7) is 7.05. The van der Waals surface area contributed by atoms with Gasteiger partial charge in [-0.1, -0.05) is 30.3 Å². The Morgan fingerprint density at radius 3 is 2.52 bits per heavy atom. The van der Waals surface area contributed by atoms with Gasteiger partial charge < -0.3 is 9.67 Å². The number of nitrogens with zero attached hydrogens (tertiary/aromatic N) is 4. The summed E-state index contributed by atoms with van der Waals surface area (Å²) in [7, 11) is 0. The van der Waals surface area contributed by atoms with Crippen LogP contribution in [0.4, 0.5) is 0 Å². The molecule has 2 aromatic rings. The number of H-pyrrole nitrogens is 1. The van der Waals surface area contributed by atoms with Crippen LogP contribution in [0.2, 0.25) is 0 Å². The molecule has 4 rings (SSSR count). The fourth-order valence-corrected chi connectivity index (χ4v) is 4.08. The highest BCUT2D eigenvalue weighted by Gasteiger charge is 2.20. The first-order chi connectivity index (χ1) is 16.0. The van der Waals surface area contributed by atoms with E-state index >= 15 is 0 Å². The Kier molecular flexibility index (Phi) is 6.96. The van der Waals surface area contributed by atoms with Crippen molar-refractivity contribution in [3.63, 3.8) is 0 Å². The van der Waals surface area contributed by atoms with E-state index in [0.717, 1.165) is 42.6 Å². The van der Waals surface area contributed by atoms with Gasteiger partial charge in [0.2, 0.25) is 0 Å². The summed E-state index contributed by atoms with van der Waals surface area (Å²) in [4.78, 5) is 37.7. The smallest absolute Gasteiger partial charge is 0.349 e. The Morgan fingerprint density at radius 2 is 1.76 bits per heavy atom. The number of hydrogen-bond donors (Lipinski definition) is 2. The van der Waals surface area contributed by atoms with Crippen LogP contribution in [0.1, 0.15) is 29.5 Å². The lowest BCUT2D eigenvalue weighted by Gasteiger charge is -2.25. The molecule has 2 aliphatic heterocycles. The lowest BCUT2D eigenvalue weighted by Crippen LogP contribution is -2.32. The molecule has 0 unspecified atom stereocenters. The highest BCUT2D eigenvalue weighted by molar-refractivity contribution is 5.81. The van der Waals surface area contributed by atoms with E-state index in [1.54, 1.807) is 0 Å². The number of aryl methyl sites for hydroxylation is 2. The van der Waals surface area contributed by atoms with Crippen LogP contribution in [0, 0.1) is 13.8 Å². The molecule has 0 saturated carbocycles. The van der Waals surface area contributed by atoms with Crippen LogP contribution in [0.15, 0.2) is 52.1 Å². The second-order valence-corrected chi connectivity index (χ2v) is 8.42. The van der Waals surface area contributed by atoms with E-state index in [2.05, 4.69) is 32.0 Å². The van der Waals surface area contributed by atoms with Gasteiger partial charge in [0.1, 0.15) is 0 Å². The number of benzene rings is 2. The van der Waals surface area contributed by atoms with Crippen LogP contribution in [-0.4, -0.2) is 49.2 Å². The van der Waals surface area contributed by atoms with Crippen LogP contribution in [-0.2, 0) is 13.1 Å². The standard InChI is InChI=1S/C25H29N5O3/c1-17-14-20-21(15-18(17)2)30(23-22(26-20)24(32)28-25(33)27-23)12-11-29(10-6-7-13-31)16-19-8-4-3-5-9-19/h3-5,8-9,14-15,31H,6-7,10-13,16H2,1-2H3,(H,28,32,33). The molecule has 2 heterocycles. The molecule has 0 aliphatic carbocycles. The lowest BCUT2D eigenvalue weighted by molar-refractivity contribution is 0.230. The number of fused-ring (bicyclic) bond motifs is 2. The van der Waals surface area contributed by atoms with Gasteiger partial charge >= 0.3 is 5.69 Å². The van der Waals surface area contributed by atoms with E-state index in [1.165, 1.54) is 5.56 Å². The van der Waals surface area contributed by atoms with Gasteiger partial charge in [0, 0.05) is 26.2 Å². The third kappa shape index (κ3) is 5.18. The van der Waals surface area contributed by atoms with Crippen molar-refractivity contribution in [3.05, 3.63) is 80.0 Å². The molecule has 172 valence electrons. The second kappa shape index (κ2) is 10.1. The van der Waals surface area contributed by atoms with E-state index in [9.17, 15) is 14.7 Å². The quantitative estimate of drug-likeness (QED) is 0.302. The maximum atomic E-state index is 12.5. The number of aliphatic hydroxyl groups excluding tert-OH is 1. The van der Waals surface area contributed by atoms with Gasteiger partial charge in [-0.15, -0.1) is 0 Å². The minimum absolute atomic E-state index is 0.167. The summed E-state index contributed by atoms with van der Waals surface area (Å²) < 4.78 is 1.94. The monoisotopic (exact) mass is 447 g/mol. The Bertz CT molecular complexity index is 1330. The van der Waals surface area contributed by atoms with Gasteiger partial charge in [0.15, 0.2) is 11.5 Å². The van der Waals surface area contributed by atoms with Gasteiger partial charge in [0.25, 0.3) is 5.56 Å². The number of hydrogen-bond acceptors (Lipinski definition) is 6. The normalized spacial score (nSPS) is 11.6. The van der Waals surface area contributed by atoms with Crippen LogP contribution in [0.3, 0.4) is 0 Å². The Morgan fingerprint density at radius 1 is 1.00 bits per heavy atom. The minimum atomic E-state index is -0.671. The number of unbranched alkanes of at least 4 members (excludes halogenated alkanes) is 1. The molecule has 8 heteroatoms. The molecule has 2 aliphatic rings. The third-order valence-electron chi connectivity index (χ3n) is 6.00. The lowest BCUT2D eigenvalue weighted by atomic mass is 10.1. The van der Waals surface area contributed by atoms with Crippen molar-refractivity contribution >= 4 is 11.0 Å². The van der Waals surface area contributed by atoms with Crippen LogP contribution in [0.5, 0.6) is 0 Å². The SMILES string of the molecule is Cc1cc2nc3c(=O)[nH]c(=O)nc-3n(CCN(CCCCO)Cc3ccccc3)c2cc1C. The molecule has 2 N–H and O–H groups in total. The zero-order chi connectivity index (χ0) is 23.4. The number of aromatic nitrogens is 4. The maximum absolute atomic E-state index is 12.5. The zero-order valence-corrected chi connectivity index (χ0v) is 19.0. The van der Waals surface area contributed by atoms with Crippen molar-refractivity contribution in [1.82, 2.24) is 24.4 Å². The van der Waals surface area contributed by atoms with Crippen molar-refractivity contribution in [1.29, 1.82) is 0 Å².